The van der Waals surface area contributed by atoms with Gasteiger partial charge >= 0.3 is 0 Å². The fourth-order valence-corrected chi connectivity index (χ4v) is 2.24. The summed E-state index contributed by atoms with van der Waals surface area (Å²) in [7, 11) is 2.16. The van der Waals surface area contributed by atoms with Crippen molar-refractivity contribution in [2.45, 2.75) is 70.6 Å². The van der Waals surface area contributed by atoms with Crippen LogP contribution in [-0.4, -0.2) is 34.7 Å². The van der Waals surface area contributed by atoms with Crippen LogP contribution in [0.25, 0.3) is 0 Å². The number of rotatable bonds is 3. The Morgan fingerprint density at radius 3 is 2.36 bits per heavy atom. The molecule has 0 radical (unpaired) electrons. The summed E-state index contributed by atoms with van der Waals surface area (Å²) in [6.07, 6.45) is 5.62. The first-order chi connectivity index (χ1) is 6.49. The van der Waals surface area contributed by atoms with Crippen LogP contribution < -0.4 is 0 Å². The van der Waals surface area contributed by atoms with E-state index in [1.54, 1.807) is 0 Å². The van der Waals surface area contributed by atoms with E-state index in [4.69, 9.17) is 0 Å². The molecule has 2 heteroatoms. The van der Waals surface area contributed by atoms with Crippen molar-refractivity contribution in [3.05, 3.63) is 0 Å². The van der Waals surface area contributed by atoms with Crippen LogP contribution >= 0.6 is 0 Å². The van der Waals surface area contributed by atoms with Gasteiger partial charge < -0.3 is 5.11 Å². The molecule has 1 saturated carbocycles. The molecule has 2 atom stereocenters. The monoisotopic (exact) mass is 199 g/mol. The van der Waals surface area contributed by atoms with Crippen molar-refractivity contribution < 1.29 is 5.11 Å². The van der Waals surface area contributed by atoms with Crippen molar-refractivity contribution in [2.24, 2.45) is 0 Å². The number of nitrogens with zero attached hydrogens (tertiary/aromatic N) is 1. The van der Waals surface area contributed by atoms with Crippen LogP contribution in [0.2, 0.25) is 0 Å². The summed E-state index contributed by atoms with van der Waals surface area (Å²) >= 11 is 0. The highest BCUT2D eigenvalue weighted by molar-refractivity contribution is 4.89. The van der Waals surface area contributed by atoms with Crippen molar-refractivity contribution in [3.8, 4) is 0 Å². The fraction of sp³-hybridized carbons (Fsp3) is 1.00. The third-order valence-electron chi connectivity index (χ3n) is 4.01. The lowest BCUT2D eigenvalue weighted by molar-refractivity contribution is -0.0138. The molecule has 0 heterocycles. The third kappa shape index (κ3) is 2.48. The molecule has 0 aromatic rings. The van der Waals surface area contributed by atoms with Crippen molar-refractivity contribution in [3.63, 3.8) is 0 Å². The smallest absolute Gasteiger partial charge is 0.0695 e. The SMILES string of the molecule is CCC(C)(C)N(C)[C@@H]1CCCC[C@H]1O. The molecule has 0 amide bonds. The Kier molecular flexibility index (Phi) is 3.96. The van der Waals surface area contributed by atoms with E-state index < -0.39 is 0 Å². The van der Waals surface area contributed by atoms with Crippen LogP contribution in [0.5, 0.6) is 0 Å². The topological polar surface area (TPSA) is 23.5 Å². The van der Waals surface area contributed by atoms with Crippen molar-refractivity contribution in [2.75, 3.05) is 7.05 Å². The lowest BCUT2D eigenvalue weighted by atomic mass is 9.87. The molecule has 84 valence electrons. The second-order valence-corrected chi connectivity index (χ2v) is 5.20. The number of likely N-dealkylation sites (N-methyl/N-ethyl adjacent to an activating group) is 1. The molecule has 1 aliphatic rings. The molecular formula is C12H25NO. The Balaban J connectivity index is 2.62. The standard InChI is InChI=1S/C12H25NO/c1-5-12(2,3)13(4)10-8-6-7-9-11(10)14/h10-11,14H,5-9H2,1-4H3/t10-,11-/m1/s1. The van der Waals surface area contributed by atoms with Crippen LogP contribution in [0.1, 0.15) is 52.9 Å². The van der Waals surface area contributed by atoms with E-state index in [-0.39, 0.29) is 11.6 Å². The molecular weight excluding hydrogens is 174 g/mol. The average molecular weight is 199 g/mol. The summed E-state index contributed by atoms with van der Waals surface area (Å²) in [5.41, 5.74) is 0.211. The van der Waals surface area contributed by atoms with Gasteiger partial charge in [0.05, 0.1) is 6.10 Å². The highest BCUT2D eigenvalue weighted by Crippen LogP contribution is 2.28. The number of hydrogen-bond acceptors (Lipinski definition) is 2. The molecule has 0 aromatic carbocycles. The maximum absolute atomic E-state index is 9.96. The molecule has 14 heavy (non-hydrogen) atoms. The van der Waals surface area contributed by atoms with E-state index in [0.29, 0.717) is 6.04 Å². The van der Waals surface area contributed by atoms with Gasteiger partial charge in [-0.05, 0) is 40.2 Å². The number of hydrogen-bond donors (Lipinski definition) is 1. The van der Waals surface area contributed by atoms with Gasteiger partial charge in [0.2, 0.25) is 0 Å². The Labute approximate surface area is 88.3 Å². The van der Waals surface area contributed by atoms with Gasteiger partial charge in [-0.3, -0.25) is 4.90 Å². The van der Waals surface area contributed by atoms with Gasteiger partial charge in [-0.2, -0.15) is 0 Å². The summed E-state index contributed by atoms with van der Waals surface area (Å²) in [6.45, 7) is 6.73. The molecule has 1 N–H and O–H groups in total. The summed E-state index contributed by atoms with van der Waals surface area (Å²) in [5.74, 6) is 0. The van der Waals surface area contributed by atoms with Gasteiger partial charge in [0.1, 0.15) is 0 Å². The average Bonchev–Trinajstić information content (AvgIpc) is 2.17. The zero-order chi connectivity index (χ0) is 10.8. The Hall–Kier alpha value is -0.0800. The van der Waals surface area contributed by atoms with Gasteiger partial charge in [-0.15, -0.1) is 0 Å². The molecule has 0 aromatic heterocycles. The second-order valence-electron chi connectivity index (χ2n) is 5.20. The summed E-state index contributed by atoms with van der Waals surface area (Å²) < 4.78 is 0. The number of aliphatic hydroxyl groups excluding tert-OH is 1. The van der Waals surface area contributed by atoms with Crippen molar-refractivity contribution in [1.82, 2.24) is 4.90 Å². The van der Waals surface area contributed by atoms with Crippen molar-refractivity contribution in [1.29, 1.82) is 0 Å². The predicted octanol–water partition coefficient (Wildman–Crippen LogP) is 2.41. The molecule has 0 spiro atoms. The molecule has 1 rings (SSSR count). The zero-order valence-electron chi connectivity index (χ0n) is 10.1. The summed E-state index contributed by atoms with van der Waals surface area (Å²) in [6, 6.07) is 0.374. The van der Waals surface area contributed by atoms with Gasteiger partial charge in [0.15, 0.2) is 0 Å². The first kappa shape index (κ1) is 12.0. The highest BCUT2D eigenvalue weighted by Gasteiger charge is 2.33. The van der Waals surface area contributed by atoms with Gasteiger partial charge in [0, 0.05) is 11.6 Å². The largest absolute Gasteiger partial charge is 0.391 e. The first-order valence-corrected chi connectivity index (χ1v) is 5.90. The highest BCUT2D eigenvalue weighted by atomic mass is 16.3. The third-order valence-corrected chi connectivity index (χ3v) is 4.01. The molecule has 1 fully saturated rings. The van der Waals surface area contributed by atoms with Gasteiger partial charge in [-0.1, -0.05) is 19.8 Å². The molecule has 0 aliphatic heterocycles. The molecule has 0 bridgehead atoms. The molecule has 0 saturated heterocycles. The van der Waals surface area contributed by atoms with E-state index in [0.717, 1.165) is 19.3 Å². The lowest BCUT2D eigenvalue weighted by Gasteiger charge is -2.44. The van der Waals surface area contributed by atoms with Crippen LogP contribution in [-0.2, 0) is 0 Å². The maximum Gasteiger partial charge on any atom is 0.0695 e. The summed E-state index contributed by atoms with van der Waals surface area (Å²) in [5, 5.41) is 9.96. The zero-order valence-corrected chi connectivity index (χ0v) is 10.1. The van der Waals surface area contributed by atoms with E-state index >= 15 is 0 Å². The molecule has 0 unspecified atom stereocenters. The van der Waals surface area contributed by atoms with E-state index in [1.807, 2.05) is 0 Å². The predicted molar refractivity (Wildman–Crippen MR) is 60.4 cm³/mol. The quantitative estimate of drug-likeness (QED) is 0.754. The van der Waals surface area contributed by atoms with Gasteiger partial charge in [0.25, 0.3) is 0 Å². The Morgan fingerprint density at radius 1 is 1.29 bits per heavy atom. The lowest BCUT2D eigenvalue weighted by Crippen LogP contribution is -2.52. The number of aliphatic hydroxyl groups is 1. The molecule has 1 aliphatic carbocycles. The second kappa shape index (κ2) is 4.63. The molecule has 2 nitrogen and oxygen atoms in total. The van der Waals surface area contributed by atoms with Crippen LogP contribution in [0.4, 0.5) is 0 Å². The Morgan fingerprint density at radius 2 is 1.86 bits per heavy atom. The van der Waals surface area contributed by atoms with Crippen molar-refractivity contribution >= 4 is 0 Å². The van der Waals surface area contributed by atoms with Crippen LogP contribution in [0.3, 0.4) is 0 Å². The van der Waals surface area contributed by atoms with E-state index in [2.05, 4.69) is 32.7 Å². The van der Waals surface area contributed by atoms with E-state index in [1.165, 1.54) is 12.8 Å². The maximum atomic E-state index is 9.96. The first-order valence-electron chi connectivity index (χ1n) is 5.90. The normalized spacial score (nSPS) is 29.6. The van der Waals surface area contributed by atoms with E-state index in [9.17, 15) is 5.11 Å². The minimum Gasteiger partial charge on any atom is -0.391 e. The fourth-order valence-electron chi connectivity index (χ4n) is 2.24. The summed E-state index contributed by atoms with van der Waals surface area (Å²) in [4.78, 5) is 2.37. The minimum atomic E-state index is -0.112. The minimum absolute atomic E-state index is 0.112. The van der Waals surface area contributed by atoms with Crippen LogP contribution in [0, 0.1) is 0 Å². The van der Waals surface area contributed by atoms with Crippen LogP contribution in [0.15, 0.2) is 0 Å². The van der Waals surface area contributed by atoms with Gasteiger partial charge in [-0.25, -0.2) is 0 Å². The Bertz CT molecular complexity index is 179.